The number of nitrogens with zero attached hydrogens (tertiary/aromatic N) is 1. The fourth-order valence-corrected chi connectivity index (χ4v) is 5.60. The molecule has 17 heavy (non-hydrogen) atoms. The van der Waals surface area contributed by atoms with Crippen LogP contribution < -0.4 is 5.73 Å². The summed E-state index contributed by atoms with van der Waals surface area (Å²) in [7, 11) is 0. The minimum Gasteiger partial charge on any atom is -0.329 e. The van der Waals surface area contributed by atoms with Gasteiger partial charge in [0, 0.05) is 24.7 Å². The first-order chi connectivity index (χ1) is 8.13. The predicted molar refractivity (Wildman–Crippen MR) is 71.8 cm³/mol. The van der Waals surface area contributed by atoms with Crippen LogP contribution in [0.1, 0.15) is 52.4 Å². The van der Waals surface area contributed by atoms with E-state index < -0.39 is 0 Å². The molecule has 0 spiro atoms. The van der Waals surface area contributed by atoms with E-state index in [4.69, 9.17) is 5.73 Å². The molecule has 0 aromatic carbocycles. The summed E-state index contributed by atoms with van der Waals surface area (Å²) in [5.74, 6) is 3.13. The molecule has 0 aliphatic heterocycles. The van der Waals surface area contributed by atoms with Gasteiger partial charge in [0.2, 0.25) is 0 Å². The smallest absolute Gasteiger partial charge is 0.0220 e. The fourth-order valence-electron chi connectivity index (χ4n) is 5.60. The molecule has 0 radical (unpaired) electrons. The molecule has 0 amide bonds. The van der Waals surface area contributed by atoms with E-state index in [0.29, 0.717) is 11.6 Å². The van der Waals surface area contributed by atoms with E-state index in [-0.39, 0.29) is 0 Å². The minimum atomic E-state index is 0.544. The average molecular weight is 236 g/mol. The molecule has 0 aromatic heterocycles. The Kier molecular flexibility index (Phi) is 2.99. The van der Waals surface area contributed by atoms with Crippen LogP contribution in [0, 0.1) is 17.8 Å². The Bertz CT molecular complexity index is 249. The van der Waals surface area contributed by atoms with Gasteiger partial charge in [-0.3, -0.25) is 4.90 Å². The Labute approximate surface area is 106 Å². The zero-order valence-electron chi connectivity index (χ0n) is 11.5. The fraction of sp³-hybridized carbons (Fsp3) is 1.00. The Balaban J connectivity index is 1.84. The maximum Gasteiger partial charge on any atom is 0.0220 e. The summed E-state index contributed by atoms with van der Waals surface area (Å²) in [6.07, 6.45) is 9.01. The van der Waals surface area contributed by atoms with Crippen LogP contribution in [0.15, 0.2) is 0 Å². The Morgan fingerprint density at radius 1 is 1.06 bits per heavy atom. The highest BCUT2D eigenvalue weighted by Gasteiger charge is 2.53. The Hall–Kier alpha value is -0.0800. The molecule has 0 unspecified atom stereocenters. The van der Waals surface area contributed by atoms with Crippen molar-refractivity contribution in [3.63, 3.8) is 0 Å². The second kappa shape index (κ2) is 4.24. The van der Waals surface area contributed by atoms with Gasteiger partial charge in [-0.1, -0.05) is 0 Å². The molecule has 2 nitrogen and oxygen atoms in total. The van der Waals surface area contributed by atoms with Crippen LogP contribution in [-0.2, 0) is 0 Å². The summed E-state index contributed by atoms with van der Waals surface area (Å²) in [6.45, 7) is 6.63. The van der Waals surface area contributed by atoms with Crippen LogP contribution in [0.5, 0.6) is 0 Å². The van der Waals surface area contributed by atoms with Gasteiger partial charge in [0.15, 0.2) is 0 Å². The Morgan fingerprint density at radius 2 is 1.53 bits per heavy atom. The first-order valence-corrected chi connectivity index (χ1v) is 7.60. The lowest BCUT2D eigenvalue weighted by atomic mass is 9.52. The third kappa shape index (κ3) is 1.94. The molecule has 0 heterocycles. The molecule has 4 aliphatic carbocycles. The monoisotopic (exact) mass is 236 g/mol. The molecule has 0 atom stereocenters. The van der Waals surface area contributed by atoms with Crippen molar-refractivity contribution in [3.05, 3.63) is 0 Å². The first kappa shape index (κ1) is 12.0. The van der Waals surface area contributed by atoms with Gasteiger partial charge in [-0.2, -0.15) is 0 Å². The van der Waals surface area contributed by atoms with Crippen LogP contribution in [0.25, 0.3) is 0 Å². The molecule has 4 aliphatic rings. The lowest BCUT2D eigenvalue weighted by Gasteiger charge is -2.61. The van der Waals surface area contributed by atoms with Gasteiger partial charge < -0.3 is 5.73 Å². The van der Waals surface area contributed by atoms with Crippen molar-refractivity contribution in [3.8, 4) is 0 Å². The summed E-state index contributed by atoms with van der Waals surface area (Å²) in [6, 6.07) is 0.662. The van der Waals surface area contributed by atoms with Gasteiger partial charge in [-0.15, -0.1) is 0 Å². The molecule has 2 N–H and O–H groups in total. The van der Waals surface area contributed by atoms with E-state index in [9.17, 15) is 0 Å². The number of hydrogen-bond acceptors (Lipinski definition) is 2. The molecule has 98 valence electrons. The van der Waals surface area contributed by atoms with Crippen molar-refractivity contribution >= 4 is 0 Å². The van der Waals surface area contributed by atoms with E-state index >= 15 is 0 Å². The minimum absolute atomic E-state index is 0.544. The van der Waals surface area contributed by atoms with Gasteiger partial charge in [-0.25, -0.2) is 0 Å². The second-order valence-corrected chi connectivity index (χ2v) is 7.22. The topological polar surface area (TPSA) is 29.3 Å². The molecular formula is C15H28N2. The number of hydrogen-bond donors (Lipinski definition) is 1. The molecule has 0 saturated heterocycles. The Morgan fingerprint density at radius 3 is 1.88 bits per heavy atom. The molecule has 4 rings (SSSR count). The van der Waals surface area contributed by atoms with Gasteiger partial charge in [0.25, 0.3) is 0 Å². The van der Waals surface area contributed by atoms with Crippen molar-refractivity contribution in [2.45, 2.75) is 64.0 Å². The zero-order valence-corrected chi connectivity index (χ0v) is 11.5. The molecule has 4 bridgehead atoms. The highest BCUT2D eigenvalue weighted by Crippen LogP contribution is 2.58. The van der Waals surface area contributed by atoms with Crippen LogP contribution in [0.3, 0.4) is 0 Å². The number of nitrogens with two attached hydrogens (primary N) is 1. The lowest BCUT2D eigenvalue weighted by Crippen LogP contribution is -2.62. The lowest BCUT2D eigenvalue weighted by molar-refractivity contribution is -0.0987. The molecule has 4 saturated carbocycles. The van der Waals surface area contributed by atoms with Crippen LogP contribution >= 0.6 is 0 Å². The summed E-state index contributed by atoms with van der Waals surface area (Å²) < 4.78 is 0. The molecule has 0 aromatic rings. The summed E-state index contributed by atoms with van der Waals surface area (Å²) in [5, 5.41) is 0. The van der Waals surface area contributed by atoms with Crippen molar-refractivity contribution in [1.82, 2.24) is 4.90 Å². The van der Waals surface area contributed by atoms with Crippen molar-refractivity contribution < 1.29 is 0 Å². The van der Waals surface area contributed by atoms with E-state index in [1.807, 2.05) is 0 Å². The largest absolute Gasteiger partial charge is 0.329 e. The summed E-state index contributed by atoms with van der Waals surface area (Å²) in [4.78, 5) is 2.76. The van der Waals surface area contributed by atoms with Crippen LogP contribution in [0.4, 0.5) is 0 Å². The van der Waals surface area contributed by atoms with Crippen molar-refractivity contribution in [2.24, 2.45) is 23.5 Å². The third-order valence-electron chi connectivity index (χ3n) is 5.61. The summed E-state index contributed by atoms with van der Waals surface area (Å²) in [5.41, 5.74) is 6.39. The molecular weight excluding hydrogens is 208 g/mol. The standard InChI is InChI=1S/C15H28N2/c1-11(2)17(4-3-16)15-8-12-5-13(9-15)7-14(6-12)10-15/h11-14H,3-10,16H2,1-2H3. The first-order valence-electron chi connectivity index (χ1n) is 7.60. The van der Waals surface area contributed by atoms with Gasteiger partial charge in [0.05, 0.1) is 0 Å². The quantitative estimate of drug-likeness (QED) is 0.813. The third-order valence-corrected chi connectivity index (χ3v) is 5.61. The van der Waals surface area contributed by atoms with Gasteiger partial charge in [0.1, 0.15) is 0 Å². The summed E-state index contributed by atoms with van der Waals surface area (Å²) >= 11 is 0. The second-order valence-electron chi connectivity index (χ2n) is 7.22. The van der Waals surface area contributed by atoms with Gasteiger partial charge >= 0.3 is 0 Å². The van der Waals surface area contributed by atoms with E-state index in [0.717, 1.165) is 30.8 Å². The predicted octanol–water partition coefficient (Wildman–Crippen LogP) is 2.62. The highest BCUT2D eigenvalue weighted by atomic mass is 15.2. The molecule has 4 fully saturated rings. The molecule has 2 heteroatoms. The van der Waals surface area contributed by atoms with Crippen LogP contribution in [0.2, 0.25) is 0 Å². The average Bonchev–Trinajstić information content (AvgIpc) is 2.23. The normalized spacial score (nSPS) is 43.9. The van der Waals surface area contributed by atoms with Crippen LogP contribution in [-0.4, -0.2) is 29.6 Å². The highest BCUT2D eigenvalue weighted by molar-refractivity contribution is 5.08. The van der Waals surface area contributed by atoms with Gasteiger partial charge in [-0.05, 0) is 70.1 Å². The van der Waals surface area contributed by atoms with Crippen molar-refractivity contribution in [1.29, 1.82) is 0 Å². The maximum atomic E-state index is 5.84. The number of rotatable bonds is 4. The SMILES string of the molecule is CC(C)N(CCN)C12CC3CC(CC(C3)C1)C2. The zero-order chi connectivity index (χ0) is 12.0. The van der Waals surface area contributed by atoms with E-state index in [1.165, 1.54) is 38.5 Å². The maximum absolute atomic E-state index is 5.84. The van der Waals surface area contributed by atoms with E-state index in [2.05, 4.69) is 18.7 Å². The van der Waals surface area contributed by atoms with Crippen molar-refractivity contribution in [2.75, 3.05) is 13.1 Å². The van der Waals surface area contributed by atoms with E-state index in [1.54, 1.807) is 0 Å².